The third-order valence-corrected chi connectivity index (χ3v) is 7.67. The molecular weight excluding hydrogens is 539 g/mol. The van der Waals surface area contributed by atoms with Crippen molar-refractivity contribution in [3.63, 3.8) is 0 Å². The Bertz CT molecular complexity index is 1360. The van der Waals surface area contributed by atoms with Crippen molar-refractivity contribution in [2.75, 3.05) is 37.7 Å². The van der Waals surface area contributed by atoms with Crippen LogP contribution in [0.1, 0.15) is 50.8 Å². The SMILES string of the molecule is CC(C)(C)OC(=O)N1CC[C@@H](CCn2ccc3c(N4CCOC[C@@H]4c4ccc(C(F)(F)F)cc4)ncnc32)[C@H](O)C1. The van der Waals surface area contributed by atoms with Crippen molar-refractivity contribution in [3.8, 4) is 0 Å². The average molecular weight is 576 g/mol. The number of aliphatic hydroxyl groups excluding tert-OH is 1. The number of benzene rings is 1. The minimum absolute atomic E-state index is 0.0238. The van der Waals surface area contributed by atoms with Crippen LogP contribution in [0.25, 0.3) is 11.0 Å². The predicted octanol–water partition coefficient (Wildman–Crippen LogP) is 5.04. The molecule has 2 aliphatic rings. The van der Waals surface area contributed by atoms with Crippen LogP contribution in [0, 0.1) is 5.92 Å². The summed E-state index contributed by atoms with van der Waals surface area (Å²) in [5.41, 5.74) is 0.184. The van der Waals surface area contributed by atoms with Crippen LogP contribution in [-0.2, 0) is 22.2 Å². The fraction of sp³-hybridized carbons (Fsp3) is 0.552. The number of ether oxygens (including phenoxy) is 2. The number of likely N-dealkylation sites (tertiary alicyclic amines) is 1. The monoisotopic (exact) mass is 575 g/mol. The maximum atomic E-state index is 13.1. The molecule has 2 saturated heterocycles. The maximum absolute atomic E-state index is 13.1. The summed E-state index contributed by atoms with van der Waals surface area (Å²) in [6.45, 7) is 8.18. The number of alkyl halides is 3. The molecule has 2 fully saturated rings. The fourth-order valence-electron chi connectivity index (χ4n) is 5.54. The first-order valence-corrected chi connectivity index (χ1v) is 13.9. The summed E-state index contributed by atoms with van der Waals surface area (Å²) in [5, 5.41) is 11.6. The van der Waals surface area contributed by atoms with Gasteiger partial charge in [0.2, 0.25) is 0 Å². The van der Waals surface area contributed by atoms with Crippen LogP contribution >= 0.6 is 0 Å². The molecule has 0 bridgehead atoms. The van der Waals surface area contributed by atoms with Crippen molar-refractivity contribution in [2.24, 2.45) is 5.92 Å². The highest BCUT2D eigenvalue weighted by atomic mass is 19.4. The molecule has 2 aromatic heterocycles. The number of β-amino-alcohol motifs (C(OH)–C–C–N with tert-alkyl or cyclic N) is 1. The summed E-state index contributed by atoms with van der Waals surface area (Å²) >= 11 is 0. The summed E-state index contributed by atoms with van der Waals surface area (Å²) in [7, 11) is 0. The molecule has 0 spiro atoms. The van der Waals surface area contributed by atoms with Gasteiger partial charge >= 0.3 is 12.3 Å². The molecule has 0 radical (unpaired) electrons. The Morgan fingerprint density at radius 1 is 1.12 bits per heavy atom. The minimum Gasteiger partial charge on any atom is -0.444 e. The van der Waals surface area contributed by atoms with Crippen LogP contribution in [0.15, 0.2) is 42.9 Å². The Morgan fingerprint density at radius 3 is 2.56 bits per heavy atom. The lowest BCUT2D eigenvalue weighted by atomic mass is 9.91. The highest BCUT2D eigenvalue weighted by Crippen LogP contribution is 2.35. The van der Waals surface area contributed by atoms with Gasteiger partial charge in [0, 0.05) is 25.8 Å². The fourth-order valence-corrected chi connectivity index (χ4v) is 5.54. The van der Waals surface area contributed by atoms with Crippen molar-refractivity contribution >= 4 is 22.9 Å². The highest BCUT2D eigenvalue weighted by molar-refractivity contribution is 5.88. The number of carbonyl (C=O) groups is 1. The summed E-state index contributed by atoms with van der Waals surface area (Å²) in [6.07, 6.45) is -0.635. The predicted molar refractivity (Wildman–Crippen MR) is 146 cm³/mol. The Hall–Kier alpha value is -3.38. The minimum atomic E-state index is -4.39. The molecule has 0 aliphatic carbocycles. The lowest BCUT2D eigenvalue weighted by Crippen LogP contribution is -2.48. The van der Waals surface area contributed by atoms with E-state index in [9.17, 15) is 23.1 Å². The molecule has 2 aliphatic heterocycles. The summed E-state index contributed by atoms with van der Waals surface area (Å²) in [4.78, 5) is 25.1. The number of anilines is 1. The van der Waals surface area contributed by atoms with Gasteiger partial charge in [-0.05, 0) is 63.3 Å². The van der Waals surface area contributed by atoms with Crippen LogP contribution in [-0.4, -0.2) is 75.2 Å². The van der Waals surface area contributed by atoms with Gasteiger partial charge in [-0.1, -0.05) is 12.1 Å². The number of carbonyl (C=O) groups excluding carboxylic acids is 1. The number of fused-ring (bicyclic) bond motifs is 1. The van der Waals surface area contributed by atoms with Gasteiger partial charge in [-0.2, -0.15) is 13.2 Å². The van der Waals surface area contributed by atoms with E-state index in [1.807, 2.05) is 37.6 Å². The van der Waals surface area contributed by atoms with Gasteiger partial charge in [0.1, 0.15) is 23.4 Å². The van der Waals surface area contributed by atoms with Gasteiger partial charge in [-0.25, -0.2) is 14.8 Å². The van der Waals surface area contributed by atoms with Crippen molar-refractivity contribution in [2.45, 2.75) is 64.1 Å². The zero-order valence-corrected chi connectivity index (χ0v) is 23.5. The van der Waals surface area contributed by atoms with Crippen molar-refractivity contribution in [1.29, 1.82) is 0 Å². The number of halogens is 3. The standard InChI is InChI=1S/C29H36F3N5O4/c1-28(2,3)41-27(39)36-12-9-20(24(38)16-36)8-11-35-13-10-22-25(35)33-18-34-26(22)37-14-15-40-17-23(37)19-4-6-21(7-5-19)29(30,31)32/h4-7,10,13,18,20,23-24,38H,8-9,11-12,14-17H2,1-3H3/t20-,23-,24-/m1/s1. The van der Waals surface area contributed by atoms with Crippen LogP contribution in [0.4, 0.5) is 23.8 Å². The molecule has 3 aromatic rings. The lowest BCUT2D eigenvalue weighted by molar-refractivity contribution is -0.137. The van der Waals surface area contributed by atoms with Gasteiger partial charge in [0.15, 0.2) is 0 Å². The zero-order chi connectivity index (χ0) is 29.4. The molecule has 1 amide bonds. The highest BCUT2D eigenvalue weighted by Gasteiger charge is 2.34. The van der Waals surface area contributed by atoms with E-state index in [1.54, 1.807) is 4.90 Å². The Labute approximate surface area is 236 Å². The van der Waals surface area contributed by atoms with Crippen molar-refractivity contribution < 1.29 is 32.5 Å². The number of rotatable bonds is 5. The first-order chi connectivity index (χ1) is 19.4. The molecule has 1 N–H and O–H groups in total. The molecule has 41 heavy (non-hydrogen) atoms. The van der Waals surface area contributed by atoms with Crippen LogP contribution in [0.3, 0.4) is 0 Å². The number of aryl methyl sites for hydroxylation is 1. The van der Waals surface area contributed by atoms with Crippen LogP contribution in [0.2, 0.25) is 0 Å². The van der Waals surface area contributed by atoms with Crippen LogP contribution < -0.4 is 4.90 Å². The second-order valence-corrected chi connectivity index (χ2v) is 11.7. The normalized spacial score (nSPS) is 22.3. The zero-order valence-electron chi connectivity index (χ0n) is 23.5. The Balaban J connectivity index is 1.28. The number of piperidine rings is 1. The lowest BCUT2D eigenvalue weighted by Gasteiger charge is -2.37. The smallest absolute Gasteiger partial charge is 0.416 e. The summed E-state index contributed by atoms with van der Waals surface area (Å²) < 4.78 is 52.5. The molecular formula is C29H36F3N5O4. The van der Waals surface area contributed by atoms with Crippen molar-refractivity contribution in [3.05, 3.63) is 54.0 Å². The average Bonchev–Trinajstić information content (AvgIpc) is 3.34. The maximum Gasteiger partial charge on any atom is 0.416 e. The molecule has 3 atom stereocenters. The summed E-state index contributed by atoms with van der Waals surface area (Å²) in [5.74, 6) is 0.725. The third-order valence-electron chi connectivity index (χ3n) is 7.67. The van der Waals surface area contributed by atoms with Gasteiger partial charge in [0.05, 0.1) is 42.9 Å². The first kappa shape index (κ1) is 29.1. The molecule has 0 saturated carbocycles. The van der Waals surface area contributed by atoms with E-state index in [-0.39, 0.29) is 18.5 Å². The molecule has 0 unspecified atom stereocenters. The topological polar surface area (TPSA) is 93.0 Å². The van der Waals surface area contributed by atoms with E-state index < -0.39 is 29.5 Å². The number of aromatic nitrogens is 3. The van der Waals surface area contributed by atoms with Gasteiger partial charge < -0.3 is 28.9 Å². The molecule has 12 heteroatoms. The van der Waals surface area contributed by atoms with E-state index in [0.717, 1.165) is 28.7 Å². The molecule has 222 valence electrons. The second kappa shape index (κ2) is 11.5. The van der Waals surface area contributed by atoms with Gasteiger partial charge in [-0.15, -0.1) is 0 Å². The number of nitrogens with zero attached hydrogens (tertiary/aromatic N) is 5. The Morgan fingerprint density at radius 2 is 1.88 bits per heavy atom. The van der Waals surface area contributed by atoms with E-state index >= 15 is 0 Å². The summed E-state index contributed by atoms with van der Waals surface area (Å²) in [6, 6.07) is 6.85. The number of morpholine rings is 1. The molecule has 9 nitrogen and oxygen atoms in total. The first-order valence-electron chi connectivity index (χ1n) is 13.9. The largest absolute Gasteiger partial charge is 0.444 e. The second-order valence-electron chi connectivity index (χ2n) is 11.7. The number of hydrogen-bond acceptors (Lipinski definition) is 7. The van der Waals surface area contributed by atoms with Crippen molar-refractivity contribution in [1.82, 2.24) is 19.4 Å². The van der Waals surface area contributed by atoms with Gasteiger partial charge in [-0.3, -0.25) is 0 Å². The van der Waals surface area contributed by atoms with E-state index in [4.69, 9.17) is 9.47 Å². The third kappa shape index (κ3) is 6.59. The molecule has 4 heterocycles. The number of hydrogen-bond donors (Lipinski definition) is 1. The van der Waals surface area contributed by atoms with Crippen LogP contribution in [0.5, 0.6) is 0 Å². The number of aliphatic hydroxyl groups is 1. The van der Waals surface area contributed by atoms with Gasteiger partial charge in [0.25, 0.3) is 0 Å². The van der Waals surface area contributed by atoms with E-state index in [0.29, 0.717) is 51.5 Å². The quantitative estimate of drug-likeness (QED) is 0.456. The van der Waals surface area contributed by atoms with E-state index in [1.165, 1.54) is 18.5 Å². The van der Waals surface area contributed by atoms with E-state index in [2.05, 4.69) is 14.9 Å². The number of amides is 1. The Kier molecular flexibility index (Phi) is 8.15. The molecule has 1 aromatic carbocycles. The molecule has 5 rings (SSSR count).